The van der Waals surface area contributed by atoms with Gasteiger partial charge >= 0.3 is 0 Å². The van der Waals surface area contributed by atoms with E-state index >= 15 is 0 Å². The second kappa shape index (κ2) is 20.7. The summed E-state index contributed by atoms with van der Waals surface area (Å²) in [5.74, 6) is 0. The summed E-state index contributed by atoms with van der Waals surface area (Å²) in [4.78, 5) is 29.8. The van der Waals surface area contributed by atoms with Crippen LogP contribution in [0.2, 0.25) is 0 Å². The topological polar surface area (TPSA) is 148 Å². The van der Waals surface area contributed by atoms with Crippen LogP contribution in [0.4, 0.5) is 11.4 Å². The van der Waals surface area contributed by atoms with E-state index in [4.69, 9.17) is 0 Å². The van der Waals surface area contributed by atoms with E-state index in [1.807, 2.05) is 38.1 Å². The van der Waals surface area contributed by atoms with Gasteiger partial charge in [-0.25, -0.2) is 0 Å². The quantitative estimate of drug-likeness (QED) is 0.0563. The summed E-state index contributed by atoms with van der Waals surface area (Å²) in [6, 6.07) is 14.2. The molecule has 0 unspecified atom stereocenters. The second-order valence-corrected chi connectivity index (χ2v) is 15.5. The SMILES string of the molecule is C=CC(CCCC)(CCCC)CCCC.C=Cc1cc2c(-c3ccnc(C)c3)nn(C)c2cc1[N+](=O)[O-].Cc1cc(-c2nn(C)c3cc([N+](=O)[O-])c(Br)cc23)ccn1. The fraction of sp³-hybridized carbons (Fsp3) is 0.378. The highest BCUT2D eigenvalue weighted by atomic mass is 79.9. The highest BCUT2D eigenvalue weighted by Gasteiger charge is 2.24. The van der Waals surface area contributed by atoms with Gasteiger partial charge in [-0.1, -0.05) is 78.0 Å². The molecule has 13 heteroatoms. The molecule has 4 aromatic heterocycles. The minimum absolute atomic E-state index is 0.0305. The van der Waals surface area contributed by atoms with E-state index in [1.165, 1.54) is 76.0 Å². The van der Waals surface area contributed by atoms with Crippen molar-refractivity contribution in [3.63, 3.8) is 0 Å². The molecule has 0 fully saturated rings. The zero-order chi connectivity index (χ0) is 42.6. The van der Waals surface area contributed by atoms with Crippen molar-refractivity contribution in [1.82, 2.24) is 29.5 Å². The molecule has 0 bridgehead atoms. The molecule has 6 rings (SSSR count). The molecule has 0 atom stereocenters. The lowest BCUT2D eigenvalue weighted by atomic mass is 9.74. The van der Waals surface area contributed by atoms with Crippen molar-refractivity contribution in [2.75, 3.05) is 0 Å². The van der Waals surface area contributed by atoms with Gasteiger partial charge in [0.1, 0.15) is 11.4 Å². The Hall–Kier alpha value is -5.56. The van der Waals surface area contributed by atoms with Crippen molar-refractivity contribution in [3.8, 4) is 22.5 Å². The Balaban J connectivity index is 0.000000197. The molecule has 0 aliphatic carbocycles. The number of nitro groups is 2. The standard InChI is InChI=1S/C16H14N4O2.C15H30.C14H11BrN4O2/c1-4-11-8-13-15(9-14(11)20(21)22)19(3)18-16(13)12-5-6-17-10(2)7-12;1-5-9-12-15(8-4,13-10-6-2)14-11-7-3;1-8-5-9(3-4-16-8)14-10-6-11(15)13(19(20)21)7-12(10)18(2)17-14/h4-9H,1H2,2-3H3;8H,4-7,9-14H2,1-3H3;3-7H,1-2H3. The first-order valence-electron chi connectivity index (χ1n) is 19.8. The number of allylic oxidation sites excluding steroid dienone is 1. The van der Waals surface area contributed by atoms with E-state index in [0.29, 0.717) is 21.0 Å². The molecule has 0 radical (unpaired) electrons. The molecule has 0 aliphatic rings. The number of nitro benzene ring substituents is 2. The van der Waals surface area contributed by atoms with Gasteiger partial charge in [-0.2, -0.15) is 10.2 Å². The van der Waals surface area contributed by atoms with Crippen LogP contribution in [-0.2, 0) is 14.1 Å². The van der Waals surface area contributed by atoms with E-state index in [1.54, 1.807) is 48.0 Å². The van der Waals surface area contributed by atoms with Gasteiger partial charge in [0.2, 0.25) is 0 Å². The Morgan fingerprint density at radius 2 is 1.14 bits per heavy atom. The second-order valence-electron chi connectivity index (χ2n) is 14.7. The molecule has 4 heterocycles. The lowest BCUT2D eigenvalue weighted by molar-refractivity contribution is -0.385. The summed E-state index contributed by atoms with van der Waals surface area (Å²) < 4.78 is 3.75. The van der Waals surface area contributed by atoms with Crippen LogP contribution < -0.4 is 0 Å². The van der Waals surface area contributed by atoms with Crippen molar-refractivity contribution in [2.24, 2.45) is 19.5 Å². The molecular formula is C45H55BrN8O4. The van der Waals surface area contributed by atoms with Gasteiger partial charge in [-0.3, -0.25) is 39.6 Å². The lowest BCUT2D eigenvalue weighted by Crippen LogP contribution is -2.17. The van der Waals surface area contributed by atoms with Gasteiger partial charge < -0.3 is 0 Å². The van der Waals surface area contributed by atoms with Crippen molar-refractivity contribution < 1.29 is 9.85 Å². The fourth-order valence-corrected chi connectivity index (χ4v) is 7.60. The molecule has 12 nitrogen and oxygen atoms in total. The van der Waals surface area contributed by atoms with Gasteiger partial charge in [0, 0.05) is 71.9 Å². The zero-order valence-electron chi connectivity index (χ0n) is 34.8. The number of hydrogen-bond acceptors (Lipinski definition) is 8. The Labute approximate surface area is 349 Å². The van der Waals surface area contributed by atoms with Crippen LogP contribution in [0, 0.1) is 39.5 Å². The van der Waals surface area contributed by atoms with Gasteiger partial charge in [-0.15, -0.1) is 6.58 Å². The number of nitrogens with zero attached hydrogens (tertiary/aromatic N) is 8. The Bertz CT molecular complexity index is 2380. The lowest BCUT2D eigenvalue weighted by Gasteiger charge is -2.30. The Kier molecular flexibility index (Phi) is 16.1. The largest absolute Gasteiger partial charge is 0.285 e. The van der Waals surface area contributed by atoms with E-state index < -0.39 is 9.85 Å². The summed E-state index contributed by atoms with van der Waals surface area (Å²) >= 11 is 3.26. The predicted molar refractivity (Wildman–Crippen MR) is 240 cm³/mol. The zero-order valence-corrected chi connectivity index (χ0v) is 36.4. The van der Waals surface area contributed by atoms with E-state index in [0.717, 1.165) is 50.2 Å². The minimum atomic E-state index is -0.410. The summed E-state index contributed by atoms with van der Waals surface area (Å²) in [5, 5.41) is 32.9. The third-order valence-electron chi connectivity index (χ3n) is 10.4. The average molecular weight is 852 g/mol. The summed E-state index contributed by atoms with van der Waals surface area (Å²) in [5.41, 5.74) is 7.65. The number of aryl methyl sites for hydroxylation is 4. The monoisotopic (exact) mass is 850 g/mol. The van der Waals surface area contributed by atoms with E-state index in [-0.39, 0.29) is 11.4 Å². The highest BCUT2D eigenvalue weighted by molar-refractivity contribution is 9.10. The molecule has 0 N–H and O–H groups in total. The van der Waals surface area contributed by atoms with Gasteiger partial charge in [0.25, 0.3) is 11.4 Å². The maximum Gasteiger partial charge on any atom is 0.285 e. The molecule has 0 saturated heterocycles. The molecule has 2 aromatic carbocycles. The normalized spacial score (nSPS) is 11.1. The van der Waals surface area contributed by atoms with Gasteiger partial charge in [-0.05, 0) is 90.9 Å². The first kappa shape index (κ1) is 45.1. The summed E-state index contributed by atoms with van der Waals surface area (Å²) in [6.07, 6.45) is 19.3. The first-order chi connectivity index (χ1) is 27.7. The third-order valence-corrected chi connectivity index (χ3v) is 11.0. The molecule has 0 amide bonds. The number of unbranched alkanes of at least 4 members (excludes halogenated alkanes) is 3. The molecule has 58 heavy (non-hydrogen) atoms. The van der Waals surface area contributed by atoms with Crippen molar-refractivity contribution in [1.29, 1.82) is 0 Å². The molecule has 0 saturated carbocycles. The third kappa shape index (κ3) is 10.9. The first-order valence-corrected chi connectivity index (χ1v) is 20.6. The van der Waals surface area contributed by atoms with Gasteiger partial charge in [0.15, 0.2) is 0 Å². The minimum Gasteiger partial charge on any atom is -0.267 e. The summed E-state index contributed by atoms with van der Waals surface area (Å²) in [7, 11) is 3.55. The number of pyridine rings is 2. The van der Waals surface area contributed by atoms with Crippen LogP contribution in [0.3, 0.4) is 0 Å². The maximum atomic E-state index is 11.2. The average Bonchev–Trinajstić information content (AvgIpc) is 3.71. The van der Waals surface area contributed by atoms with E-state index in [9.17, 15) is 20.2 Å². The van der Waals surface area contributed by atoms with Crippen LogP contribution in [0.1, 0.15) is 95.5 Å². The molecular weight excluding hydrogens is 796 g/mol. The van der Waals surface area contributed by atoms with Crippen molar-refractivity contribution in [3.05, 3.63) is 122 Å². The Morgan fingerprint density at radius 3 is 1.52 bits per heavy atom. The van der Waals surface area contributed by atoms with Crippen LogP contribution in [0.15, 0.2) is 84.6 Å². The molecule has 0 aliphatic heterocycles. The predicted octanol–water partition coefficient (Wildman–Crippen LogP) is 12.8. The van der Waals surface area contributed by atoms with Crippen LogP contribution in [0.5, 0.6) is 0 Å². The van der Waals surface area contributed by atoms with E-state index in [2.05, 4.69) is 76.1 Å². The molecule has 6 aromatic rings. The van der Waals surface area contributed by atoms with Crippen molar-refractivity contribution in [2.45, 2.75) is 92.4 Å². The van der Waals surface area contributed by atoms with Crippen LogP contribution in [-0.4, -0.2) is 39.4 Å². The smallest absolute Gasteiger partial charge is 0.267 e. The number of aromatic nitrogens is 6. The number of hydrogen-bond donors (Lipinski definition) is 0. The molecule has 0 spiro atoms. The number of benzene rings is 2. The van der Waals surface area contributed by atoms with Gasteiger partial charge in [0.05, 0.1) is 30.9 Å². The highest BCUT2D eigenvalue weighted by Crippen LogP contribution is 2.38. The maximum absolute atomic E-state index is 11.2. The van der Waals surface area contributed by atoms with Crippen molar-refractivity contribution >= 4 is 55.2 Å². The van der Waals surface area contributed by atoms with Crippen LogP contribution in [0.25, 0.3) is 50.4 Å². The fourth-order valence-electron chi connectivity index (χ4n) is 7.12. The van der Waals surface area contributed by atoms with Crippen LogP contribution >= 0.6 is 15.9 Å². The number of halogens is 1. The number of rotatable bonds is 15. The summed E-state index contributed by atoms with van der Waals surface area (Å²) in [6.45, 7) is 18.4. The Morgan fingerprint density at radius 1 is 0.707 bits per heavy atom. The molecule has 306 valence electrons. The number of fused-ring (bicyclic) bond motifs is 2.